The van der Waals surface area contributed by atoms with E-state index in [1.807, 2.05) is 4.90 Å². The van der Waals surface area contributed by atoms with Crippen molar-refractivity contribution < 1.29 is 14.0 Å². The Hall–Kier alpha value is -3.48. The van der Waals surface area contributed by atoms with E-state index < -0.39 is 11.7 Å². The number of benzene rings is 2. The van der Waals surface area contributed by atoms with E-state index in [1.165, 1.54) is 10.7 Å². The normalized spacial score (nSPS) is 13.5. The summed E-state index contributed by atoms with van der Waals surface area (Å²) in [7, 11) is 0. The molecule has 4 rings (SSSR count). The molecule has 1 N–H and O–H groups in total. The maximum atomic E-state index is 14.1. The second kappa shape index (κ2) is 7.87. The summed E-state index contributed by atoms with van der Waals surface area (Å²) in [6, 6.07) is 14.7. The van der Waals surface area contributed by atoms with E-state index in [1.54, 1.807) is 55.5 Å². The lowest BCUT2D eigenvalue weighted by Gasteiger charge is -2.15. The SMILES string of the molecule is Cc1cc(C(=O)Nc2cccc(C(=O)N3CCCC3)c2)nn1-c1ccccc1F. The number of carbonyl (C=O) groups excluding carboxylic acids is 2. The third-order valence-electron chi connectivity index (χ3n) is 4.96. The van der Waals surface area contributed by atoms with E-state index in [-0.39, 0.29) is 17.3 Å². The Morgan fingerprint density at radius 3 is 2.55 bits per heavy atom. The number of para-hydroxylation sites is 1. The van der Waals surface area contributed by atoms with Gasteiger partial charge in [0.25, 0.3) is 11.8 Å². The summed E-state index contributed by atoms with van der Waals surface area (Å²) in [6.45, 7) is 3.29. The molecule has 6 nitrogen and oxygen atoms in total. The van der Waals surface area contributed by atoms with Crippen LogP contribution in [0.4, 0.5) is 10.1 Å². The van der Waals surface area contributed by atoms with Gasteiger partial charge < -0.3 is 10.2 Å². The number of rotatable bonds is 4. The van der Waals surface area contributed by atoms with Crippen molar-refractivity contribution in [3.05, 3.63) is 77.4 Å². The summed E-state index contributed by atoms with van der Waals surface area (Å²) in [4.78, 5) is 27.0. The van der Waals surface area contributed by atoms with Crippen molar-refractivity contribution in [2.45, 2.75) is 19.8 Å². The minimum absolute atomic E-state index is 0.0294. The van der Waals surface area contributed by atoms with E-state index in [2.05, 4.69) is 10.4 Å². The monoisotopic (exact) mass is 392 g/mol. The highest BCUT2D eigenvalue weighted by molar-refractivity contribution is 6.04. The molecule has 1 aliphatic rings. The van der Waals surface area contributed by atoms with Gasteiger partial charge in [0.1, 0.15) is 11.5 Å². The summed E-state index contributed by atoms with van der Waals surface area (Å²) in [5, 5.41) is 7.02. The molecule has 1 saturated heterocycles. The van der Waals surface area contributed by atoms with Crippen LogP contribution in [0.5, 0.6) is 0 Å². The zero-order valence-electron chi connectivity index (χ0n) is 16.1. The van der Waals surface area contributed by atoms with Crippen LogP contribution in [0.25, 0.3) is 5.69 Å². The molecule has 2 aromatic carbocycles. The van der Waals surface area contributed by atoms with Gasteiger partial charge in [-0.25, -0.2) is 9.07 Å². The zero-order valence-corrected chi connectivity index (χ0v) is 16.1. The number of aryl methyl sites for hydroxylation is 1. The Morgan fingerprint density at radius 2 is 1.79 bits per heavy atom. The molecule has 1 aromatic heterocycles. The molecule has 0 saturated carbocycles. The van der Waals surface area contributed by atoms with E-state index in [0.717, 1.165) is 25.9 Å². The van der Waals surface area contributed by atoms with Crippen LogP contribution in [0, 0.1) is 12.7 Å². The Kier molecular flexibility index (Phi) is 5.12. The van der Waals surface area contributed by atoms with Crippen LogP contribution in [0.1, 0.15) is 39.4 Å². The standard InChI is InChI=1S/C22H21FN4O2/c1-15-13-19(25-27(15)20-10-3-2-9-18(20)23)21(28)24-17-8-6-7-16(14-17)22(29)26-11-4-5-12-26/h2-3,6-10,13-14H,4-5,11-12H2,1H3,(H,24,28). The van der Waals surface area contributed by atoms with Crippen molar-refractivity contribution in [2.24, 2.45) is 0 Å². The molecular weight excluding hydrogens is 371 g/mol. The topological polar surface area (TPSA) is 67.2 Å². The van der Waals surface area contributed by atoms with Crippen LogP contribution in [-0.2, 0) is 0 Å². The number of hydrogen-bond acceptors (Lipinski definition) is 3. The molecule has 0 unspecified atom stereocenters. The summed E-state index contributed by atoms with van der Waals surface area (Å²) in [6.07, 6.45) is 2.04. The first-order valence-electron chi connectivity index (χ1n) is 9.55. The van der Waals surface area contributed by atoms with Gasteiger partial charge in [0.05, 0.1) is 0 Å². The summed E-state index contributed by atoms with van der Waals surface area (Å²) >= 11 is 0. The van der Waals surface area contributed by atoms with Gasteiger partial charge in [0.15, 0.2) is 5.69 Å². The minimum atomic E-state index is -0.422. The average Bonchev–Trinajstić information content (AvgIpc) is 3.38. The molecule has 2 heterocycles. The summed E-state index contributed by atoms with van der Waals surface area (Å²) < 4.78 is 15.5. The van der Waals surface area contributed by atoms with Crippen molar-refractivity contribution in [1.82, 2.24) is 14.7 Å². The maximum absolute atomic E-state index is 14.1. The van der Waals surface area contributed by atoms with Gasteiger partial charge in [-0.05, 0) is 56.2 Å². The number of carbonyl (C=O) groups is 2. The molecule has 3 aromatic rings. The molecule has 29 heavy (non-hydrogen) atoms. The van der Waals surface area contributed by atoms with Crippen LogP contribution in [0.2, 0.25) is 0 Å². The third-order valence-corrected chi connectivity index (χ3v) is 4.96. The van der Waals surface area contributed by atoms with Gasteiger partial charge in [-0.2, -0.15) is 5.10 Å². The molecule has 0 atom stereocenters. The number of hydrogen-bond donors (Lipinski definition) is 1. The van der Waals surface area contributed by atoms with Crippen LogP contribution in [0.15, 0.2) is 54.6 Å². The lowest BCUT2D eigenvalue weighted by Crippen LogP contribution is -2.27. The highest BCUT2D eigenvalue weighted by Crippen LogP contribution is 2.19. The second-order valence-corrected chi connectivity index (χ2v) is 7.07. The fraction of sp³-hybridized carbons (Fsp3) is 0.227. The minimum Gasteiger partial charge on any atom is -0.339 e. The Bertz CT molecular complexity index is 1070. The Morgan fingerprint density at radius 1 is 1.03 bits per heavy atom. The van der Waals surface area contributed by atoms with Crippen molar-refractivity contribution in [3.63, 3.8) is 0 Å². The third kappa shape index (κ3) is 3.89. The highest BCUT2D eigenvalue weighted by Gasteiger charge is 2.20. The van der Waals surface area contributed by atoms with Crippen LogP contribution >= 0.6 is 0 Å². The van der Waals surface area contributed by atoms with E-state index >= 15 is 0 Å². The molecule has 1 fully saturated rings. The van der Waals surface area contributed by atoms with Gasteiger partial charge in [-0.3, -0.25) is 9.59 Å². The van der Waals surface area contributed by atoms with E-state index in [0.29, 0.717) is 16.9 Å². The first-order chi connectivity index (χ1) is 14.0. The molecule has 0 aliphatic carbocycles. The first kappa shape index (κ1) is 18.9. The van der Waals surface area contributed by atoms with Crippen LogP contribution in [-0.4, -0.2) is 39.6 Å². The summed E-state index contributed by atoms with van der Waals surface area (Å²) in [5.74, 6) is -0.869. The predicted molar refractivity (Wildman–Crippen MR) is 108 cm³/mol. The van der Waals surface area contributed by atoms with Gasteiger partial charge in [0.2, 0.25) is 0 Å². The fourth-order valence-corrected chi connectivity index (χ4v) is 3.48. The second-order valence-electron chi connectivity index (χ2n) is 7.07. The number of nitrogens with one attached hydrogen (secondary N) is 1. The van der Waals surface area contributed by atoms with Crippen molar-refractivity contribution in [3.8, 4) is 5.69 Å². The quantitative estimate of drug-likeness (QED) is 0.734. The molecule has 1 aliphatic heterocycles. The lowest BCUT2D eigenvalue weighted by molar-refractivity contribution is 0.0792. The Balaban J connectivity index is 1.53. The van der Waals surface area contributed by atoms with E-state index in [4.69, 9.17) is 0 Å². The Labute approximate surface area is 167 Å². The number of anilines is 1. The lowest BCUT2D eigenvalue weighted by atomic mass is 10.1. The number of amides is 2. The first-order valence-corrected chi connectivity index (χ1v) is 9.55. The fourth-order valence-electron chi connectivity index (χ4n) is 3.48. The van der Waals surface area contributed by atoms with Crippen molar-refractivity contribution in [2.75, 3.05) is 18.4 Å². The number of halogens is 1. The maximum Gasteiger partial charge on any atom is 0.276 e. The molecule has 0 spiro atoms. The van der Waals surface area contributed by atoms with Crippen LogP contribution < -0.4 is 5.32 Å². The molecule has 2 amide bonds. The molecule has 0 radical (unpaired) electrons. The van der Waals surface area contributed by atoms with Gasteiger partial charge in [0, 0.05) is 30.0 Å². The predicted octanol–water partition coefficient (Wildman–Crippen LogP) is 3.81. The number of likely N-dealkylation sites (tertiary alicyclic amines) is 1. The molecule has 7 heteroatoms. The van der Waals surface area contributed by atoms with Crippen molar-refractivity contribution >= 4 is 17.5 Å². The van der Waals surface area contributed by atoms with Gasteiger partial charge in [-0.1, -0.05) is 18.2 Å². The average molecular weight is 392 g/mol. The van der Waals surface area contributed by atoms with Gasteiger partial charge in [-0.15, -0.1) is 0 Å². The molecular formula is C22H21FN4O2. The molecule has 0 bridgehead atoms. The smallest absolute Gasteiger partial charge is 0.276 e. The van der Waals surface area contributed by atoms with E-state index in [9.17, 15) is 14.0 Å². The highest BCUT2D eigenvalue weighted by atomic mass is 19.1. The zero-order chi connectivity index (χ0) is 20.4. The van der Waals surface area contributed by atoms with Gasteiger partial charge >= 0.3 is 0 Å². The molecule has 148 valence electrons. The number of aromatic nitrogens is 2. The largest absolute Gasteiger partial charge is 0.339 e. The summed E-state index contributed by atoms with van der Waals surface area (Å²) in [5.41, 5.74) is 2.14. The van der Waals surface area contributed by atoms with Crippen LogP contribution in [0.3, 0.4) is 0 Å². The van der Waals surface area contributed by atoms with Crippen molar-refractivity contribution in [1.29, 1.82) is 0 Å². The number of nitrogens with zero attached hydrogens (tertiary/aromatic N) is 3.